The van der Waals surface area contributed by atoms with Gasteiger partial charge in [-0.1, -0.05) is 31.9 Å². The number of anilines is 1. The summed E-state index contributed by atoms with van der Waals surface area (Å²) in [4.78, 5) is 32.2. The Morgan fingerprint density at radius 3 is 2.61 bits per heavy atom. The normalized spacial score (nSPS) is 21.8. The number of rotatable bonds is 6. The van der Waals surface area contributed by atoms with Gasteiger partial charge in [0.15, 0.2) is 0 Å². The number of nitrogens with zero attached hydrogens (tertiary/aromatic N) is 3. The number of benzene rings is 1. The maximum atomic E-state index is 13.3. The van der Waals surface area contributed by atoms with Crippen LogP contribution >= 0.6 is 0 Å². The first-order valence-electron chi connectivity index (χ1n) is 10.5. The minimum atomic E-state index is -0.0291. The molecule has 1 aromatic rings. The molecule has 2 aliphatic rings. The molecule has 2 amide bonds. The minimum Gasteiger partial charge on any atom is -0.495 e. The molecule has 0 N–H and O–H groups in total. The first-order chi connectivity index (χ1) is 13.5. The highest BCUT2D eigenvalue weighted by atomic mass is 16.5. The summed E-state index contributed by atoms with van der Waals surface area (Å²) < 4.78 is 5.46. The Balaban J connectivity index is 1.79. The van der Waals surface area contributed by atoms with Crippen LogP contribution < -0.4 is 9.64 Å². The van der Waals surface area contributed by atoms with E-state index >= 15 is 0 Å². The van der Waals surface area contributed by atoms with E-state index in [1.165, 1.54) is 0 Å². The van der Waals surface area contributed by atoms with Crippen molar-refractivity contribution in [2.24, 2.45) is 5.92 Å². The summed E-state index contributed by atoms with van der Waals surface area (Å²) in [5.41, 5.74) is 0.794. The van der Waals surface area contributed by atoms with Crippen LogP contribution in [0, 0.1) is 5.92 Å². The summed E-state index contributed by atoms with van der Waals surface area (Å²) in [6.07, 6.45) is 4.83. The van der Waals surface area contributed by atoms with Crippen molar-refractivity contribution < 1.29 is 14.3 Å². The van der Waals surface area contributed by atoms with Gasteiger partial charge >= 0.3 is 0 Å². The zero-order valence-electron chi connectivity index (χ0n) is 17.4. The van der Waals surface area contributed by atoms with Gasteiger partial charge in [0, 0.05) is 12.5 Å². The monoisotopic (exact) mass is 387 g/mol. The molecule has 0 radical (unpaired) electrons. The van der Waals surface area contributed by atoms with Crippen molar-refractivity contribution in [3.63, 3.8) is 0 Å². The molecule has 154 valence electrons. The predicted molar refractivity (Wildman–Crippen MR) is 111 cm³/mol. The number of carbonyl (C=O) groups is 2. The van der Waals surface area contributed by atoms with Gasteiger partial charge in [-0.2, -0.15) is 0 Å². The number of hydrogen-bond acceptors (Lipinski definition) is 4. The molecule has 0 aromatic heterocycles. The number of para-hydroxylation sites is 2. The number of ether oxygens (including phenoxy) is 1. The SMILES string of the molecule is CCCC[C@H]1CN(c2ccccc2OC)C(=O)CN1C(=O)C1CCN(C)CC1. The fraction of sp³-hybridized carbons (Fsp3) is 0.636. The summed E-state index contributed by atoms with van der Waals surface area (Å²) >= 11 is 0. The lowest BCUT2D eigenvalue weighted by Gasteiger charge is -2.43. The average molecular weight is 388 g/mol. The highest BCUT2D eigenvalue weighted by molar-refractivity contribution is 5.99. The molecule has 3 rings (SSSR count). The van der Waals surface area contributed by atoms with Gasteiger partial charge in [-0.25, -0.2) is 0 Å². The first-order valence-corrected chi connectivity index (χ1v) is 10.5. The van der Waals surface area contributed by atoms with Crippen LogP contribution in [0.2, 0.25) is 0 Å². The van der Waals surface area contributed by atoms with Crippen LogP contribution in [0.5, 0.6) is 5.75 Å². The Kier molecular flexibility index (Phi) is 6.94. The van der Waals surface area contributed by atoms with Gasteiger partial charge in [0.05, 0.1) is 18.8 Å². The summed E-state index contributed by atoms with van der Waals surface area (Å²) in [6, 6.07) is 7.68. The van der Waals surface area contributed by atoms with Crippen molar-refractivity contribution in [2.45, 2.75) is 45.1 Å². The van der Waals surface area contributed by atoms with Crippen LogP contribution in [-0.2, 0) is 9.59 Å². The number of unbranched alkanes of at least 4 members (excludes halogenated alkanes) is 1. The second-order valence-corrected chi connectivity index (χ2v) is 8.02. The summed E-state index contributed by atoms with van der Waals surface area (Å²) in [7, 11) is 3.72. The minimum absolute atomic E-state index is 0.0291. The second kappa shape index (κ2) is 9.41. The third kappa shape index (κ3) is 4.49. The van der Waals surface area contributed by atoms with Gasteiger partial charge < -0.3 is 19.4 Å². The lowest BCUT2D eigenvalue weighted by atomic mass is 9.93. The molecule has 28 heavy (non-hydrogen) atoms. The molecular weight excluding hydrogens is 354 g/mol. The third-order valence-electron chi connectivity index (χ3n) is 6.06. The molecule has 0 bridgehead atoms. The molecule has 6 heteroatoms. The number of carbonyl (C=O) groups excluding carboxylic acids is 2. The van der Waals surface area contributed by atoms with Crippen molar-refractivity contribution >= 4 is 17.5 Å². The van der Waals surface area contributed by atoms with E-state index in [0.29, 0.717) is 12.3 Å². The predicted octanol–water partition coefficient (Wildman–Crippen LogP) is 2.77. The molecule has 0 unspecified atom stereocenters. The Morgan fingerprint density at radius 1 is 1.21 bits per heavy atom. The van der Waals surface area contributed by atoms with Crippen molar-refractivity contribution in [3.8, 4) is 5.75 Å². The highest BCUT2D eigenvalue weighted by Gasteiger charge is 2.39. The van der Waals surface area contributed by atoms with Gasteiger partial charge in [-0.05, 0) is 51.5 Å². The number of amides is 2. The van der Waals surface area contributed by atoms with E-state index in [0.717, 1.165) is 50.9 Å². The Bertz CT molecular complexity index is 685. The van der Waals surface area contributed by atoms with Gasteiger partial charge in [0.2, 0.25) is 11.8 Å². The molecule has 1 atom stereocenters. The number of piperazine rings is 1. The smallest absolute Gasteiger partial charge is 0.246 e. The van der Waals surface area contributed by atoms with E-state index in [9.17, 15) is 9.59 Å². The molecule has 2 heterocycles. The summed E-state index contributed by atoms with van der Waals surface area (Å²) in [5.74, 6) is 0.881. The van der Waals surface area contributed by atoms with Crippen molar-refractivity contribution in [1.29, 1.82) is 0 Å². The first kappa shape index (κ1) is 20.6. The van der Waals surface area contributed by atoms with E-state index in [-0.39, 0.29) is 30.3 Å². The van der Waals surface area contributed by atoms with Crippen molar-refractivity contribution in [3.05, 3.63) is 24.3 Å². The van der Waals surface area contributed by atoms with Gasteiger partial charge in [0.1, 0.15) is 12.3 Å². The standard InChI is InChI=1S/C22H33N3O3/c1-4-5-8-18-15-25(19-9-6-7-10-20(19)28-3)21(26)16-24(18)22(27)17-11-13-23(2)14-12-17/h6-7,9-10,17-18H,4-5,8,11-16H2,1-3H3/t18-/m0/s1. The zero-order valence-corrected chi connectivity index (χ0v) is 17.4. The molecule has 2 saturated heterocycles. The fourth-order valence-corrected chi connectivity index (χ4v) is 4.29. The molecule has 2 aliphatic heterocycles. The van der Waals surface area contributed by atoms with E-state index < -0.39 is 0 Å². The quantitative estimate of drug-likeness (QED) is 0.753. The van der Waals surface area contributed by atoms with Gasteiger partial charge in [-0.3, -0.25) is 9.59 Å². The average Bonchev–Trinajstić information content (AvgIpc) is 2.72. The van der Waals surface area contributed by atoms with Crippen LogP contribution in [-0.4, -0.2) is 68.0 Å². The molecular formula is C22H33N3O3. The number of methoxy groups -OCH3 is 1. The molecule has 0 spiro atoms. The summed E-state index contributed by atoms with van der Waals surface area (Å²) in [5, 5.41) is 0. The zero-order chi connectivity index (χ0) is 20.1. The van der Waals surface area contributed by atoms with Crippen LogP contribution in [0.3, 0.4) is 0 Å². The number of likely N-dealkylation sites (tertiary alicyclic amines) is 1. The highest BCUT2D eigenvalue weighted by Crippen LogP contribution is 2.32. The topological polar surface area (TPSA) is 53.1 Å². The van der Waals surface area contributed by atoms with E-state index in [4.69, 9.17) is 4.74 Å². The van der Waals surface area contributed by atoms with Crippen molar-refractivity contribution in [2.75, 3.05) is 45.2 Å². The van der Waals surface area contributed by atoms with Crippen LogP contribution in [0.15, 0.2) is 24.3 Å². The second-order valence-electron chi connectivity index (χ2n) is 8.02. The summed E-state index contributed by atoms with van der Waals surface area (Å²) in [6.45, 7) is 4.76. The molecule has 2 fully saturated rings. The molecule has 6 nitrogen and oxygen atoms in total. The van der Waals surface area contributed by atoms with Crippen LogP contribution in [0.1, 0.15) is 39.0 Å². The fourth-order valence-electron chi connectivity index (χ4n) is 4.29. The Morgan fingerprint density at radius 2 is 1.93 bits per heavy atom. The van der Waals surface area contributed by atoms with Crippen LogP contribution in [0.4, 0.5) is 5.69 Å². The van der Waals surface area contributed by atoms with E-state index in [2.05, 4.69) is 18.9 Å². The van der Waals surface area contributed by atoms with Gasteiger partial charge in [0.25, 0.3) is 0 Å². The molecule has 1 aromatic carbocycles. The van der Waals surface area contributed by atoms with Crippen LogP contribution in [0.25, 0.3) is 0 Å². The van der Waals surface area contributed by atoms with Gasteiger partial charge in [-0.15, -0.1) is 0 Å². The molecule has 0 saturated carbocycles. The lowest BCUT2D eigenvalue weighted by molar-refractivity contribution is -0.144. The van der Waals surface area contributed by atoms with Crippen molar-refractivity contribution in [1.82, 2.24) is 9.80 Å². The van der Waals surface area contributed by atoms with E-state index in [1.807, 2.05) is 29.2 Å². The van der Waals surface area contributed by atoms with E-state index in [1.54, 1.807) is 12.0 Å². The number of hydrogen-bond donors (Lipinski definition) is 0. The maximum Gasteiger partial charge on any atom is 0.246 e. The molecule has 0 aliphatic carbocycles. The largest absolute Gasteiger partial charge is 0.495 e. The lowest BCUT2D eigenvalue weighted by Crippen LogP contribution is -2.59. The number of piperidine rings is 1. The third-order valence-corrected chi connectivity index (χ3v) is 6.06. The Labute approximate surface area is 168 Å². The maximum absolute atomic E-state index is 13.3. The Hall–Kier alpha value is -2.08.